The molecule has 2 aliphatic heterocycles. The van der Waals surface area contributed by atoms with Gasteiger partial charge in [0.2, 0.25) is 5.91 Å². The number of carbonyl (C=O) groups is 2. The van der Waals surface area contributed by atoms with Gasteiger partial charge < -0.3 is 9.64 Å². The van der Waals surface area contributed by atoms with Gasteiger partial charge in [-0.25, -0.2) is 4.79 Å². The van der Waals surface area contributed by atoms with Crippen LogP contribution in [0.1, 0.15) is 38.2 Å². The smallest absolute Gasteiger partial charge is 0.410 e. The standard InChI is InChI=1S/C20H26N2O3/c1-3-4-10-17-11-12-18-13-21(15(2)19(23)22(17)18)20(24)25-14-16-8-6-5-7-9-16/h3,5-9,15,17-18H,1,4,10-14H2,2H3. The van der Waals surface area contributed by atoms with E-state index in [0.29, 0.717) is 6.54 Å². The maximum atomic E-state index is 12.8. The summed E-state index contributed by atoms with van der Waals surface area (Å²) in [6.07, 6.45) is 5.32. The van der Waals surface area contributed by atoms with Gasteiger partial charge in [0, 0.05) is 18.6 Å². The first kappa shape index (κ1) is 17.5. The van der Waals surface area contributed by atoms with Gasteiger partial charge >= 0.3 is 6.09 Å². The van der Waals surface area contributed by atoms with Gasteiger partial charge in [0.1, 0.15) is 12.6 Å². The van der Waals surface area contributed by atoms with E-state index in [0.717, 1.165) is 31.2 Å². The van der Waals surface area contributed by atoms with Crippen LogP contribution < -0.4 is 0 Å². The number of ether oxygens (including phenoxy) is 1. The zero-order chi connectivity index (χ0) is 17.8. The average Bonchev–Trinajstić information content (AvgIpc) is 3.04. The molecule has 5 nitrogen and oxygen atoms in total. The number of fused-ring (bicyclic) bond motifs is 1. The lowest BCUT2D eigenvalue weighted by Crippen LogP contribution is -2.61. The van der Waals surface area contributed by atoms with Crippen molar-refractivity contribution < 1.29 is 14.3 Å². The molecule has 3 atom stereocenters. The van der Waals surface area contributed by atoms with Crippen LogP contribution in [0.5, 0.6) is 0 Å². The van der Waals surface area contributed by atoms with Gasteiger partial charge in [-0.15, -0.1) is 6.58 Å². The molecule has 3 rings (SSSR count). The molecular weight excluding hydrogens is 316 g/mol. The Hall–Kier alpha value is -2.30. The van der Waals surface area contributed by atoms with Crippen molar-refractivity contribution in [1.82, 2.24) is 9.80 Å². The molecule has 0 aromatic heterocycles. The molecule has 2 saturated heterocycles. The van der Waals surface area contributed by atoms with Gasteiger partial charge in [0.15, 0.2) is 0 Å². The molecule has 2 amide bonds. The molecule has 2 aliphatic rings. The van der Waals surface area contributed by atoms with Crippen molar-refractivity contribution in [3.8, 4) is 0 Å². The van der Waals surface area contributed by atoms with Crippen molar-refractivity contribution in [1.29, 1.82) is 0 Å². The summed E-state index contributed by atoms with van der Waals surface area (Å²) in [5.74, 6) is 0.0412. The zero-order valence-corrected chi connectivity index (χ0v) is 14.8. The zero-order valence-electron chi connectivity index (χ0n) is 14.8. The molecule has 3 unspecified atom stereocenters. The predicted octanol–water partition coefficient (Wildman–Crippen LogP) is 3.35. The fourth-order valence-electron chi connectivity index (χ4n) is 3.86. The Balaban J connectivity index is 1.62. The monoisotopic (exact) mass is 342 g/mol. The molecule has 0 spiro atoms. The van der Waals surface area contributed by atoms with E-state index in [9.17, 15) is 9.59 Å². The number of hydrogen-bond acceptors (Lipinski definition) is 3. The molecule has 25 heavy (non-hydrogen) atoms. The van der Waals surface area contributed by atoms with Crippen molar-refractivity contribution in [3.05, 3.63) is 48.6 Å². The number of hydrogen-bond donors (Lipinski definition) is 0. The predicted molar refractivity (Wildman–Crippen MR) is 95.9 cm³/mol. The van der Waals surface area contributed by atoms with E-state index < -0.39 is 12.1 Å². The minimum absolute atomic E-state index is 0.0412. The summed E-state index contributed by atoms with van der Waals surface area (Å²) < 4.78 is 5.43. The maximum Gasteiger partial charge on any atom is 0.410 e. The molecule has 0 saturated carbocycles. The second-order valence-electron chi connectivity index (χ2n) is 6.87. The molecule has 0 aliphatic carbocycles. The Morgan fingerprint density at radius 3 is 2.80 bits per heavy atom. The number of piperazine rings is 1. The molecule has 2 fully saturated rings. The minimum atomic E-state index is -0.469. The highest BCUT2D eigenvalue weighted by Gasteiger charge is 2.46. The van der Waals surface area contributed by atoms with Gasteiger partial charge in [-0.05, 0) is 38.2 Å². The average molecular weight is 342 g/mol. The second kappa shape index (κ2) is 7.72. The third kappa shape index (κ3) is 3.70. The van der Waals surface area contributed by atoms with Crippen LogP contribution in [0.2, 0.25) is 0 Å². The lowest BCUT2D eigenvalue weighted by molar-refractivity contribution is -0.144. The molecular formula is C20H26N2O3. The first-order valence-electron chi connectivity index (χ1n) is 9.02. The van der Waals surface area contributed by atoms with E-state index in [1.54, 1.807) is 11.8 Å². The highest BCUT2D eigenvalue weighted by atomic mass is 16.6. The summed E-state index contributed by atoms with van der Waals surface area (Å²) in [5, 5.41) is 0. The molecule has 1 aromatic carbocycles. The van der Waals surface area contributed by atoms with Gasteiger partial charge in [-0.1, -0.05) is 36.4 Å². The molecule has 0 bridgehead atoms. The van der Waals surface area contributed by atoms with Crippen LogP contribution in [-0.4, -0.2) is 46.5 Å². The van der Waals surface area contributed by atoms with Crippen molar-refractivity contribution in [2.75, 3.05) is 6.54 Å². The van der Waals surface area contributed by atoms with Crippen LogP contribution in [0.25, 0.3) is 0 Å². The van der Waals surface area contributed by atoms with E-state index >= 15 is 0 Å². The third-order valence-corrected chi connectivity index (χ3v) is 5.25. The van der Waals surface area contributed by atoms with Gasteiger partial charge in [-0.3, -0.25) is 9.69 Å². The normalized spacial score (nSPS) is 25.6. The Labute approximate surface area is 149 Å². The fourth-order valence-corrected chi connectivity index (χ4v) is 3.86. The molecule has 5 heteroatoms. The number of nitrogens with zero attached hydrogens (tertiary/aromatic N) is 2. The van der Waals surface area contributed by atoms with E-state index in [-0.39, 0.29) is 24.6 Å². The Morgan fingerprint density at radius 2 is 2.08 bits per heavy atom. The highest BCUT2D eigenvalue weighted by molar-refractivity contribution is 5.87. The maximum absolute atomic E-state index is 12.8. The van der Waals surface area contributed by atoms with Crippen molar-refractivity contribution in [2.45, 2.75) is 57.3 Å². The largest absolute Gasteiger partial charge is 0.445 e. The van der Waals surface area contributed by atoms with Crippen LogP contribution >= 0.6 is 0 Å². The van der Waals surface area contributed by atoms with Crippen molar-refractivity contribution >= 4 is 12.0 Å². The Bertz CT molecular complexity index is 631. The molecule has 0 N–H and O–H groups in total. The molecule has 134 valence electrons. The number of allylic oxidation sites excluding steroid dienone is 1. The van der Waals surface area contributed by atoms with Crippen molar-refractivity contribution in [3.63, 3.8) is 0 Å². The van der Waals surface area contributed by atoms with E-state index in [1.807, 2.05) is 41.3 Å². The van der Waals surface area contributed by atoms with Crippen LogP contribution in [0, 0.1) is 0 Å². The first-order chi connectivity index (χ1) is 12.1. The van der Waals surface area contributed by atoms with Gasteiger partial charge in [0.05, 0.1) is 0 Å². The van der Waals surface area contributed by atoms with Crippen LogP contribution in [0.4, 0.5) is 4.79 Å². The number of benzene rings is 1. The lowest BCUT2D eigenvalue weighted by Gasteiger charge is -2.43. The SMILES string of the molecule is C=CCCC1CCC2CN(C(=O)OCc3ccccc3)C(C)C(=O)N12. The van der Waals surface area contributed by atoms with Crippen LogP contribution in [-0.2, 0) is 16.1 Å². The van der Waals surface area contributed by atoms with Crippen LogP contribution in [0.15, 0.2) is 43.0 Å². The number of carbonyl (C=O) groups excluding carboxylic acids is 2. The third-order valence-electron chi connectivity index (χ3n) is 5.25. The summed E-state index contributed by atoms with van der Waals surface area (Å²) >= 11 is 0. The number of rotatable bonds is 5. The van der Waals surface area contributed by atoms with E-state index in [1.165, 1.54) is 0 Å². The summed E-state index contributed by atoms with van der Waals surface area (Å²) in [6.45, 7) is 6.35. The Kier molecular flexibility index (Phi) is 5.41. The summed E-state index contributed by atoms with van der Waals surface area (Å²) in [5.41, 5.74) is 0.943. The summed E-state index contributed by atoms with van der Waals surface area (Å²) in [6, 6.07) is 9.51. The summed E-state index contributed by atoms with van der Waals surface area (Å²) in [7, 11) is 0. The molecule has 1 aromatic rings. The Morgan fingerprint density at radius 1 is 1.32 bits per heavy atom. The summed E-state index contributed by atoms with van der Waals surface area (Å²) in [4.78, 5) is 28.9. The molecule has 0 radical (unpaired) electrons. The molecule has 2 heterocycles. The van der Waals surface area contributed by atoms with E-state index in [4.69, 9.17) is 4.74 Å². The second-order valence-corrected chi connectivity index (χ2v) is 6.87. The van der Waals surface area contributed by atoms with E-state index in [2.05, 4.69) is 6.58 Å². The highest BCUT2D eigenvalue weighted by Crippen LogP contribution is 2.33. The van der Waals surface area contributed by atoms with Gasteiger partial charge in [0.25, 0.3) is 0 Å². The lowest BCUT2D eigenvalue weighted by atomic mass is 10.1. The number of amides is 2. The quantitative estimate of drug-likeness (QED) is 0.771. The first-order valence-corrected chi connectivity index (χ1v) is 9.02. The fraction of sp³-hybridized carbons (Fsp3) is 0.500. The minimum Gasteiger partial charge on any atom is -0.445 e. The van der Waals surface area contributed by atoms with Crippen molar-refractivity contribution in [2.24, 2.45) is 0 Å². The topological polar surface area (TPSA) is 49.9 Å². The van der Waals surface area contributed by atoms with Crippen LogP contribution in [0.3, 0.4) is 0 Å². The van der Waals surface area contributed by atoms with Gasteiger partial charge in [-0.2, -0.15) is 0 Å².